The van der Waals surface area contributed by atoms with Crippen molar-refractivity contribution in [3.63, 3.8) is 0 Å². The van der Waals surface area contributed by atoms with Crippen molar-refractivity contribution < 1.29 is 18.9 Å². The summed E-state index contributed by atoms with van der Waals surface area (Å²) in [5.74, 6) is 2.24. The second-order valence-corrected chi connectivity index (χ2v) is 5.77. The number of nitrogens with two attached hydrogens (primary N) is 1. The molecule has 0 unspecified atom stereocenters. The summed E-state index contributed by atoms with van der Waals surface area (Å²) in [6.45, 7) is 1.94. The molecule has 0 spiro atoms. The summed E-state index contributed by atoms with van der Waals surface area (Å²) in [4.78, 5) is 0. The molecular weight excluding hydrogens is 306 g/mol. The van der Waals surface area contributed by atoms with Gasteiger partial charge in [-0.15, -0.1) is 0 Å². The number of ether oxygens (including phenoxy) is 4. The highest BCUT2D eigenvalue weighted by Crippen LogP contribution is 2.29. The van der Waals surface area contributed by atoms with Crippen molar-refractivity contribution in [2.45, 2.75) is 25.6 Å². The Balaban J connectivity index is 1.62. The van der Waals surface area contributed by atoms with Crippen molar-refractivity contribution >= 4 is 5.69 Å². The van der Waals surface area contributed by atoms with E-state index in [-0.39, 0.29) is 6.10 Å². The van der Waals surface area contributed by atoms with Gasteiger partial charge in [-0.05, 0) is 29.8 Å². The molecule has 0 bridgehead atoms. The van der Waals surface area contributed by atoms with Gasteiger partial charge in [0.2, 0.25) is 0 Å². The van der Waals surface area contributed by atoms with Crippen LogP contribution >= 0.6 is 0 Å². The van der Waals surface area contributed by atoms with Gasteiger partial charge in [-0.1, -0.05) is 12.1 Å². The number of benzene rings is 2. The van der Waals surface area contributed by atoms with Gasteiger partial charge in [-0.3, -0.25) is 0 Å². The lowest BCUT2D eigenvalue weighted by Crippen LogP contribution is -2.25. The standard InChI is InChI=1S/C19H23NO4/c1-21-15-4-2-14(3-5-15)13-23-19-12-17(6-7-18(19)20)24-16-8-10-22-11-9-16/h2-7,12,16H,8-11,13,20H2,1H3. The van der Waals surface area contributed by atoms with E-state index in [1.54, 1.807) is 7.11 Å². The monoisotopic (exact) mass is 329 g/mol. The molecule has 1 saturated heterocycles. The molecule has 5 heteroatoms. The Hall–Kier alpha value is -2.40. The Kier molecular flexibility index (Phi) is 5.43. The van der Waals surface area contributed by atoms with Crippen LogP contribution in [-0.4, -0.2) is 26.4 Å². The summed E-state index contributed by atoms with van der Waals surface area (Å²) in [7, 11) is 1.65. The molecule has 2 aromatic carbocycles. The molecule has 24 heavy (non-hydrogen) atoms. The molecule has 3 rings (SSSR count). The maximum Gasteiger partial charge on any atom is 0.146 e. The predicted octanol–water partition coefficient (Wildman–Crippen LogP) is 3.41. The number of nitrogen functional groups attached to an aromatic ring is 1. The van der Waals surface area contributed by atoms with E-state index in [1.807, 2.05) is 42.5 Å². The van der Waals surface area contributed by atoms with Crippen LogP contribution in [0.25, 0.3) is 0 Å². The van der Waals surface area contributed by atoms with Gasteiger partial charge < -0.3 is 24.7 Å². The van der Waals surface area contributed by atoms with Gasteiger partial charge in [0.25, 0.3) is 0 Å². The number of hydrogen-bond donors (Lipinski definition) is 1. The largest absolute Gasteiger partial charge is 0.497 e. The molecular formula is C19H23NO4. The summed E-state index contributed by atoms with van der Waals surface area (Å²) in [6, 6.07) is 13.3. The summed E-state index contributed by atoms with van der Waals surface area (Å²) < 4.78 is 22.4. The van der Waals surface area contributed by atoms with Crippen LogP contribution < -0.4 is 19.9 Å². The van der Waals surface area contributed by atoms with Crippen LogP contribution in [0.1, 0.15) is 18.4 Å². The van der Waals surface area contributed by atoms with E-state index in [1.165, 1.54) is 0 Å². The van der Waals surface area contributed by atoms with Gasteiger partial charge in [0.1, 0.15) is 30.0 Å². The molecule has 0 atom stereocenters. The van der Waals surface area contributed by atoms with Crippen molar-refractivity contribution in [3.8, 4) is 17.2 Å². The average Bonchev–Trinajstić information content (AvgIpc) is 2.63. The quantitative estimate of drug-likeness (QED) is 0.823. The fourth-order valence-corrected chi connectivity index (χ4v) is 2.58. The first-order valence-corrected chi connectivity index (χ1v) is 8.14. The molecule has 2 aromatic rings. The molecule has 0 radical (unpaired) electrons. The second kappa shape index (κ2) is 7.93. The minimum atomic E-state index is 0.191. The normalized spacial score (nSPS) is 15.0. The summed E-state index contributed by atoms with van der Waals surface area (Å²) in [6.07, 6.45) is 2.01. The molecule has 2 N–H and O–H groups in total. The van der Waals surface area contributed by atoms with Gasteiger partial charge in [0.15, 0.2) is 0 Å². The van der Waals surface area contributed by atoms with Crippen LogP contribution in [-0.2, 0) is 11.3 Å². The van der Waals surface area contributed by atoms with Crippen molar-refractivity contribution in [3.05, 3.63) is 48.0 Å². The van der Waals surface area contributed by atoms with Crippen molar-refractivity contribution in [2.24, 2.45) is 0 Å². The molecule has 0 aromatic heterocycles. The fraction of sp³-hybridized carbons (Fsp3) is 0.368. The minimum absolute atomic E-state index is 0.191. The van der Waals surface area contributed by atoms with Crippen LogP contribution in [0.2, 0.25) is 0 Å². The SMILES string of the molecule is COc1ccc(COc2cc(OC3CCOCC3)ccc2N)cc1. The Morgan fingerprint density at radius 2 is 1.75 bits per heavy atom. The Morgan fingerprint density at radius 3 is 2.46 bits per heavy atom. The minimum Gasteiger partial charge on any atom is -0.497 e. The summed E-state index contributed by atoms with van der Waals surface area (Å²) in [5, 5.41) is 0. The number of anilines is 1. The van der Waals surface area contributed by atoms with E-state index < -0.39 is 0 Å². The molecule has 1 aliphatic rings. The van der Waals surface area contributed by atoms with Crippen molar-refractivity contribution in [1.29, 1.82) is 0 Å². The molecule has 5 nitrogen and oxygen atoms in total. The lowest BCUT2D eigenvalue weighted by Gasteiger charge is -2.23. The Morgan fingerprint density at radius 1 is 1.04 bits per heavy atom. The molecule has 0 saturated carbocycles. The molecule has 1 heterocycles. The molecule has 1 aliphatic heterocycles. The lowest BCUT2D eigenvalue weighted by molar-refractivity contribution is 0.0255. The van der Waals surface area contributed by atoms with Crippen LogP contribution in [0.3, 0.4) is 0 Å². The first kappa shape index (κ1) is 16.5. The third kappa shape index (κ3) is 4.32. The highest BCUT2D eigenvalue weighted by Gasteiger charge is 2.16. The van der Waals surface area contributed by atoms with E-state index in [0.717, 1.165) is 43.1 Å². The maximum absolute atomic E-state index is 6.01. The van der Waals surface area contributed by atoms with E-state index in [0.29, 0.717) is 18.0 Å². The average molecular weight is 329 g/mol. The topological polar surface area (TPSA) is 62.9 Å². The van der Waals surface area contributed by atoms with Gasteiger partial charge >= 0.3 is 0 Å². The van der Waals surface area contributed by atoms with E-state index in [4.69, 9.17) is 24.7 Å². The van der Waals surface area contributed by atoms with E-state index >= 15 is 0 Å². The van der Waals surface area contributed by atoms with Crippen molar-refractivity contribution in [1.82, 2.24) is 0 Å². The summed E-state index contributed by atoms with van der Waals surface area (Å²) in [5.41, 5.74) is 7.66. The fourth-order valence-electron chi connectivity index (χ4n) is 2.58. The smallest absolute Gasteiger partial charge is 0.146 e. The van der Waals surface area contributed by atoms with Gasteiger partial charge in [0.05, 0.1) is 26.0 Å². The second-order valence-electron chi connectivity index (χ2n) is 5.77. The van der Waals surface area contributed by atoms with Gasteiger partial charge in [-0.2, -0.15) is 0 Å². The highest BCUT2D eigenvalue weighted by atomic mass is 16.5. The first-order valence-electron chi connectivity index (χ1n) is 8.14. The van der Waals surface area contributed by atoms with Gasteiger partial charge in [-0.25, -0.2) is 0 Å². The number of rotatable bonds is 6. The molecule has 0 aliphatic carbocycles. The third-order valence-corrected chi connectivity index (χ3v) is 4.01. The third-order valence-electron chi connectivity index (χ3n) is 4.01. The number of methoxy groups -OCH3 is 1. The van der Waals surface area contributed by atoms with Crippen LogP contribution in [0.4, 0.5) is 5.69 Å². The molecule has 128 valence electrons. The Bertz CT molecular complexity index is 651. The molecule has 0 amide bonds. The first-order chi connectivity index (χ1) is 11.7. The van der Waals surface area contributed by atoms with Gasteiger partial charge in [0, 0.05) is 18.9 Å². The zero-order valence-corrected chi connectivity index (χ0v) is 13.9. The maximum atomic E-state index is 6.01. The van der Waals surface area contributed by atoms with Crippen LogP contribution in [0.5, 0.6) is 17.2 Å². The highest BCUT2D eigenvalue weighted by molar-refractivity contribution is 5.55. The van der Waals surface area contributed by atoms with E-state index in [9.17, 15) is 0 Å². The zero-order chi connectivity index (χ0) is 16.8. The zero-order valence-electron chi connectivity index (χ0n) is 13.9. The van der Waals surface area contributed by atoms with E-state index in [2.05, 4.69) is 0 Å². The lowest BCUT2D eigenvalue weighted by atomic mass is 10.1. The summed E-state index contributed by atoms with van der Waals surface area (Å²) >= 11 is 0. The van der Waals surface area contributed by atoms with Crippen LogP contribution in [0, 0.1) is 0 Å². The molecule has 1 fully saturated rings. The van der Waals surface area contributed by atoms with Crippen molar-refractivity contribution in [2.75, 3.05) is 26.1 Å². The number of hydrogen-bond acceptors (Lipinski definition) is 5. The Labute approximate surface area is 142 Å². The van der Waals surface area contributed by atoms with Crippen LogP contribution in [0.15, 0.2) is 42.5 Å². The predicted molar refractivity (Wildman–Crippen MR) is 92.6 cm³/mol.